The maximum absolute atomic E-state index is 12.7. The first-order valence-corrected chi connectivity index (χ1v) is 8.67. The number of hydrogen-bond acceptors (Lipinski definition) is 3. The summed E-state index contributed by atoms with van der Waals surface area (Å²) < 4.78 is 7.13. The minimum atomic E-state index is -0.409. The van der Waals surface area contributed by atoms with Crippen molar-refractivity contribution in [3.63, 3.8) is 0 Å². The van der Waals surface area contributed by atoms with E-state index < -0.39 is 5.91 Å². The highest BCUT2D eigenvalue weighted by Gasteiger charge is 2.17. The van der Waals surface area contributed by atoms with Gasteiger partial charge in [-0.2, -0.15) is 0 Å². The van der Waals surface area contributed by atoms with Crippen LogP contribution < -0.4 is 15.6 Å². The summed E-state index contributed by atoms with van der Waals surface area (Å²) in [5, 5.41) is 2.81. The molecule has 0 fully saturated rings. The van der Waals surface area contributed by atoms with E-state index in [9.17, 15) is 9.59 Å². The Morgan fingerprint density at radius 3 is 2.64 bits per heavy atom. The van der Waals surface area contributed by atoms with Crippen molar-refractivity contribution in [2.24, 2.45) is 5.92 Å². The standard InChI is InChI=1S/C20H26N2O3/c1-5-25-17-9-7-6-8-16(17)21-19(23)18-15(4)11-13-22(20(18)24)12-10-14(2)3/h6-9,11,13-14H,5,10,12H2,1-4H3,(H,21,23). The van der Waals surface area contributed by atoms with E-state index in [0.29, 0.717) is 36.1 Å². The largest absolute Gasteiger partial charge is 0.492 e. The maximum atomic E-state index is 12.7. The molecule has 5 nitrogen and oxygen atoms in total. The molecule has 25 heavy (non-hydrogen) atoms. The van der Waals surface area contributed by atoms with Gasteiger partial charge >= 0.3 is 0 Å². The van der Waals surface area contributed by atoms with E-state index in [-0.39, 0.29) is 11.1 Å². The Balaban J connectivity index is 2.30. The van der Waals surface area contributed by atoms with Crippen LogP contribution in [0.4, 0.5) is 5.69 Å². The number of carbonyl (C=O) groups is 1. The smallest absolute Gasteiger partial charge is 0.263 e. The third kappa shape index (κ3) is 4.72. The van der Waals surface area contributed by atoms with Gasteiger partial charge in [-0.1, -0.05) is 26.0 Å². The molecule has 0 aliphatic heterocycles. The number of rotatable bonds is 7. The minimum Gasteiger partial charge on any atom is -0.492 e. The van der Waals surface area contributed by atoms with E-state index in [4.69, 9.17) is 4.74 Å². The van der Waals surface area contributed by atoms with Gasteiger partial charge < -0.3 is 14.6 Å². The van der Waals surface area contributed by atoms with Crippen molar-refractivity contribution in [2.45, 2.75) is 40.7 Å². The number of hydrogen-bond donors (Lipinski definition) is 1. The van der Waals surface area contributed by atoms with Crippen LogP contribution in [0.3, 0.4) is 0 Å². The van der Waals surface area contributed by atoms with E-state index >= 15 is 0 Å². The second-order valence-corrected chi connectivity index (χ2v) is 6.44. The van der Waals surface area contributed by atoms with Gasteiger partial charge in [0.25, 0.3) is 11.5 Å². The number of nitrogens with one attached hydrogen (secondary N) is 1. The number of anilines is 1. The lowest BCUT2D eigenvalue weighted by molar-refractivity contribution is 0.102. The van der Waals surface area contributed by atoms with Crippen molar-refractivity contribution in [1.29, 1.82) is 0 Å². The van der Waals surface area contributed by atoms with E-state index in [1.807, 2.05) is 25.1 Å². The number of benzene rings is 1. The SMILES string of the molecule is CCOc1ccccc1NC(=O)c1c(C)ccn(CCC(C)C)c1=O. The summed E-state index contributed by atoms with van der Waals surface area (Å²) >= 11 is 0. The summed E-state index contributed by atoms with van der Waals surface area (Å²) in [7, 11) is 0. The van der Waals surface area contributed by atoms with Crippen LogP contribution >= 0.6 is 0 Å². The van der Waals surface area contributed by atoms with Crippen molar-refractivity contribution in [3.8, 4) is 5.75 Å². The van der Waals surface area contributed by atoms with Crippen LogP contribution in [0.2, 0.25) is 0 Å². The molecule has 5 heteroatoms. The van der Waals surface area contributed by atoms with Crippen molar-refractivity contribution in [1.82, 2.24) is 4.57 Å². The molecule has 1 N–H and O–H groups in total. The lowest BCUT2D eigenvalue weighted by Crippen LogP contribution is -2.30. The topological polar surface area (TPSA) is 60.3 Å². The number of amides is 1. The zero-order chi connectivity index (χ0) is 18.4. The summed E-state index contributed by atoms with van der Waals surface area (Å²) in [6, 6.07) is 9.02. The molecule has 2 rings (SSSR count). The van der Waals surface area contributed by atoms with Gasteiger partial charge in [-0.05, 0) is 49.9 Å². The van der Waals surface area contributed by atoms with E-state index in [2.05, 4.69) is 19.2 Å². The molecule has 0 spiro atoms. The number of ether oxygens (including phenoxy) is 1. The lowest BCUT2D eigenvalue weighted by Gasteiger charge is -2.14. The molecule has 0 saturated heterocycles. The Hall–Kier alpha value is -2.56. The van der Waals surface area contributed by atoms with Gasteiger partial charge in [0.2, 0.25) is 0 Å². The molecule has 1 heterocycles. The Kier molecular flexibility index (Phi) is 6.39. The zero-order valence-corrected chi connectivity index (χ0v) is 15.3. The molecule has 2 aromatic rings. The fourth-order valence-electron chi connectivity index (χ4n) is 2.55. The van der Waals surface area contributed by atoms with E-state index in [0.717, 1.165) is 6.42 Å². The van der Waals surface area contributed by atoms with Crippen LogP contribution in [0.15, 0.2) is 41.3 Å². The molecule has 0 saturated carbocycles. The Bertz CT molecular complexity index is 794. The predicted octanol–water partition coefficient (Wildman–Crippen LogP) is 3.85. The average molecular weight is 342 g/mol. The average Bonchev–Trinajstić information content (AvgIpc) is 2.56. The highest BCUT2D eigenvalue weighted by atomic mass is 16.5. The van der Waals surface area contributed by atoms with Crippen molar-refractivity contribution < 1.29 is 9.53 Å². The van der Waals surface area contributed by atoms with E-state index in [1.165, 1.54) is 0 Å². The van der Waals surface area contributed by atoms with Crippen LogP contribution in [0, 0.1) is 12.8 Å². The number of nitrogens with zero attached hydrogens (tertiary/aromatic N) is 1. The van der Waals surface area contributed by atoms with Gasteiger partial charge in [-0.25, -0.2) is 0 Å². The molecule has 0 atom stereocenters. The molecular weight excluding hydrogens is 316 g/mol. The molecular formula is C20H26N2O3. The van der Waals surface area contributed by atoms with Crippen molar-refractivity contribution in [3.05, 3.63) is 58.0 Å². The van der Waals surface area contributed by atoms with Crippen LogP contribution in [0.5, 0.6) is 5.75 Å². The normalized spacial score (nSPS) is 10.8. The molecule has 0 unspecified atom stereocenters. The van der Waals surface area contributed by atoms with Gasteiger partial charge in [0.1, 0.15) is 11.3 Å². The van der Waals surface area contributed by atoms with Gasteiger partial charge in [0, 0.05) is 12.7 Å². The highest BCUT2D eigenvalue weighted by molar-refractivity contribution is 6.05. The van der Waals surface area contributed by atoms with Gasteiger partial charge in [-0.3, -0.25) is 9.59 Å². The summed E-state index contributed by atoms with van der Waals surface area (Å²) in [4.78, 5) is 25.4. The van der Waals surface area contributed by atoms with Gasteiger partial charge in [-0.15, -0.1) is 0 Å². The number of aromatic nitrogens is 1. The van der Waals surface area contributed by atoms with Crippen molar-refractivity contribution >= 4 is 11.6 Å². The van der Waals surface area contributed by atoms with E-state index in [1.54, 1.807) is 29.8 Å². The first kappa shape index (κ1) is 18.8. The maximum Gasteiger partial charge on any atom is 0.263 e. The summed E-state index contributed by atoms with van der Waals surface area (Å²) in [5.74, 6) is 0.671. The molecule has 134 valence electrons. The third-order valence-electron chi connectivity index (χ3n) is 3.98. The predicted molar refractivity (Wildman–Crippen MR) is 100 cm³/mol. The highest BCUT2D eigenvalue weighted by Crippen LogP contribution is 2.24. The first-order valence-electron chi connectivity index (χ1n) is 8.67. The second-order valence-electron chi connectivity index (χ2n) is 6.44. The van der Waals surface area contributed by atoms with Crippen LogP contribution in [0.1, 0.15) is 43.1 Å². The summed E-state index contributed by atoms with van der Waals surface area (Å²) in [5.41, 5.74) is 1.15. The fraction of sp³-hybridized carbons (Fsp3) is 0.400. The van der Waals surface area contributed by atoms with Crippen LogP contribution in [0.25, 0.3) is 0 Å². The minimum absolute atomic E-state index is 0.178. The number of aryl methyl sites for hydroxylation is 2. The Labute approximate surface area is 148 Å². The summed E-state index contributed by atoms with van der Waals surface area (Å²) in [6.07, 6.45) is 2.64. The summed E-state index contributed by atoms with van der Waals surface area (Å²) in [6.45, 7) is 8.98. The monoisotopic (exact) mass is 342 g/mol. The Morgan fingerprint density at radius 2 is 1.96 bits per heavy atom. The van der Waals surface area contributed by atoms with Gasteiger partial charge in [0.05, 0.1) is 12.3 Å². The molecule has 0 bridgehead atoms. The second kappa shape index (κ2) is 8.51. The zero-order valence-electron chi connectivity index (χ0n) is 15.3. The van der Waals surface area contributed by atoms with Crippen LogP contribution in [-0.2, 0) is 6.54 Å². The van der Waals surface area contributed by atoms with Gasteiger partial charge in [0.15, 0.2) is 0 Å². The van der Waals surface area contributed by atoms with Crippen molar-refractivity contribution in [2.75, 3.05) is 11.9 Å². The fourth-order valence-corrected chi connectivity index (χ4v) is 2.55. The number of pyridine rings is 1. The molecule has 1 amide bonds. The first-order chi connectivity index (χ1) is 11.9. The number of carbonyl (C=O) groups excluding carboxylic acids is 1. The molecule has 1 aromatic heterocycles. The molecule has 0 aliphatic carbocycles. The quantitative estimate of drug-likeness (QED) is 0.831. The molecule has 1 aromatic carbocycles. The van der Waals surface area contributed by atoms with Crippen LogP contribution in [-0.4, -0.2) is 17.1 Å². The number of para-hydroxylation sites is 2. The Morgan fingerprint density at radius 1 is 1.24 bits per heavy atom. The molecule has 0 aliphatic rings. The molecule has 0 radical (unpaired) electrons. The lowest BCUT2D eigenvalue weighted by atomic mass is 10.1. The third-order valence-corrected chi connectivity index (χ3v) is 3.98.